The number of pyridine rings is 1. The summed E-state index contributed by atoms with van der Waals surface area (Å²) in [5.74, 6) is 0.926. The van der Waals surface area contributed by atoms with Crippen molar-refractivity contribution in [3.63, 3.8) is 0 Å². The second-order valence-electron chi connectivity index (χ2n) is 4.21. The second kappa shape index (κ2) is 6.57. The van der Waals surface area contributed by atoms with Gasteiger partial charge in [-0.2, -0.15) is 0 Å². The highest BCUT2D eigenvalue weighted by atomic mass is 79.9. The van der Waals surface area contributed by atoms with Crippen LogP contribution >= 0.6 is 15.9 Å². The molecule has 1 N–H and O–H groups in total. The minimum Gasteiger partial charge on any atom is -0.494 e. The number of para-hydroxylation sites is 1. The Morgan fingerprint density at radius 3 is 2.74 bits per heavy atom. The maximum Gasteiger partial charge on any atom is 0.124 e. The zero-order valence-corrected chi connectivity index (χ0v) is 12.6. The largest absolute Gasteiger partial charge is 0.494 e. The normalized spacial score (nSPS) is 11.9. The van der Waals surface area contributed by atoms with E-state index in [1.165, 1.54) is 0 Å². The number of hydrogen-bond acceptors (Lipinski definition) is 3. The first-order valence-corrected chi connectivity index (χ1v) is 7.10. The van der Waals surface area contributed by atoms with Gasteiger partial charge in [0.2, 0.25) is 0 Å². The lowest BCUT2D eigenvalue weighted by molar-refractivity contribution is 0.335. The fraction of sp³-hybridized carbons (Fsp3) is 0.267. The SMILES string of the molecule is CCOc1ccccc1C(C)Nc1ccc(Br)nc1. The van der Waals surface area contributed by atoms with Crippen molar-refractivity contribution in [3.05, 3.63) is 52.8 Å². The molecule has 0 saturated heterocycles. The smallest absolute Gasteiger partial charge is 0.124 e. The van der Waals surface area contributed by atoms with Crippen LogP contribution in [0.2, 0.25) is 0 Å². The summed E-state index contributed by atoms with van der Waals surface area (Å²) in [7, 11) is 0. The Morgan fingerprint density at radius 1 is 1.26 bits per heavy atom. The monoisotopic (exact) mass is 320 g/mol. The van der Waals surface area contributed by atoms with Gasteiger partial charge in [-0.3, -0.25) is 0 Å². The molecule has 0 fully saturated rings. The van der Waals surface area contributed by atoms with Crippen molar-refractivity contribution in [2.24, 2.45) is 0 Å². The van der Waals surface area contributed by atoms with Crippen LogP contribution in [-0.4, -0.2) is 11.6 Å². The number of ether oxygens (including phenoxy) is 1. The molecule has 4 heteroatoms. The summed E-state index contributed by atoms with van der Waals surface area (Å²) in [6.45, 7) is 4.77. The molecule has 0 amide bonds. The van der Waals surface area contributed by atoms with Gasteiger partial charge in [0.1, 0.15) is 10.4 Å². The van der Waals surface area contributed by atoms with Crippen LogP contribution in [0.15, 0.2) is 47.2 Å². The minimum absolute atomic E-state index is 0.158. The molecule has 100 valence electrons. The fourth-order valence-corrected chi connectivity index (χ4v) is 2.15. The van der Waals surface area contributed by atoms with E-state index in [4.69, 9.17) is 4.74 Å². The maximum absolute atomic E-state index is 5.65. The molecule has 0 aliphatic heterocycles. The lowest BCUT2D eigenvalue weighted by Gasteiger charge is -2.18. The first kappa shape index (κ1) is 13.9. The summed E-state index contributed by atoms with van der Waals surface area (Å²) in [5.41, 5.74) is 2.13. The molecule has 0 aliphatic rings. The van der Waals surface area contributed by atoms with E-state index in [0.29, 0.717) is 6.61 Å². The number of nitrogens with one attached hydrogen (secondary N) is 1. The number of benzene rings is 1. The molecule has 0 saturated carbocycles. The highest BCUT2D eigenvalue weighted by molar-refractivity contribution is 9.10. The van der Waals surface area contributed by atoms with Gasteiger partial charge in [-0.1, -0.05) is 18.2 Å². The van der Waals surface area contributed by atoms with Crippen LogP contribution in [0.3, 0.4) is 0 Å². The van der Waals surface area contributed by atoms with Crippen LogP contribution in [-0.2, 0) is 0 Å². The maximum atomic E-state index is 5.65. The standard InChI is InChI=1S/C15H17BrN2O/c1-3-19-14-7-5-4-6-13(14)11(2)18-12-8-9-15(16)17-10-12/h4-11,18H,3H2,1-2H3. The van der Waals surface area contributed by atoms with E-state index in [0.717, 1.165) is 21.6 Å². The van der Waals surface area contributed by atoms with Crippen molar-refractivity contribution >= 4 is 21.6 Å². The zero-order chi connectivity index (χ0) is 13.7. The predicted molar refractivity (Wildman–Crippen MR) is 81.6 cm³/mol. The van der Waals surface area contributed by atoms with Gasteiger partial charge in [0, 0.05) is 5.56 Å². The molecule has 0 radical (unpaired) electrons. The topological polar surface area (TPSA) is 34.1 Å². The van der Waals surface area contributed by atoms with Crippen LogP contribution in [0.4, 0.5) is 5.69 Å². The lowest BCUT2D eigenvalue weighted by atomic mass is 10.1. The van der Waals surface area contributed by atoms with E-state index in [9.17, 15) is 0 Å². The van der Waals surface area contributed by atoms with E-state index >= 15 is 0 Å². The summed E-state index contributed by atoms with van der Waals surface area (Å²) >= 11 is 3.33. The van der Waals surface area contributed by atoms with Crippen LogP contribution in [0.5, 0.6) is 5.75 Å². The Balaban J connectivity index is 2.15. The summed E-state index contributed by atoms with van der Waals surface area (Å²) in [6.07, 6.45) is 1.81. The minimum atomic E-state index is 0.158. The number of rotatable bonds is 5. The van der Waals surface area contributed by atoms with E-state index in [1.54, 1.807) is 0 Å². The average molecular weight is 321 g/mol. The fourth-order valence-electron chi connectivity index (χ4n) is 1.91. The van der Waals surface area contributed by atoms with E-state index < -0.39 is 0 Å². The first-order chi connectivity index (χ1) is 9.20. The Bertz CT molecular complexity index is 528. The van der Waals surface area contributed by atoms with Crippen LogP contribution in [0.1, 0.15) is 25.5 Å². The van der Waals surface area contributed by atoms with Crippen LogP contribution in [0.25, 0.3) is 0 Å². The second-order valence-corrected chi connectivity index (χ2v) is 5.02. The Morgan fingerprint density at radius 2 is 2.05 bits per heavy atom. The van der Waals surface area contributed by atoms with Gasteiger partial charge in [0.15, 0.2) is 0 Å². The van der Waals surface area contributed by atoms with Gasteiger partial charge in [-0.05, 0) is 48.0 Å². The number of nitrogens with zero attached hydrogens (tertiary/aromatic N) is 1. The number of halogens is 1. The third-order valence-corrected chi connectivity index (χ3v) is 3.27. The molecule has 1 aromatic heterocycles. The van der Waals surface area contributed by atoms with Crippen molar-refractivity contribution in [2.75, 3.05) is 11.9 Å². The molecule has 2 rings (SSSR count). The summed E-state index contributed by atoms with van der Waals surface area (Å²) < 4.78 is 6.49. The third kappa shape index (κ3) is 3.70. The predicted octanol–water partition coefficient (Wildman–Crippen LogP) is 4.42. The Kier molecular flexibility index (Phi) is 4.80. The molecule has 1 heterocycles. The average Bonchev–Trinajstić information content (AvgIpc) is 2.42. The Labute approximate surface area is 122 Å². The van der Waals surface area contributed by atoms with Crippen molar-refractivity contribution in [2.45, 2.75) is 19.9 Å². The van der Waals surface area contributed by atoms with Crippen LogP contribution in [0, 0.1) is 0 Å². The van der Waals surface area contributed by atoms with Crippen molar-refractivity contribution in [1.29, 1.82) is 0 Å². The van der Waals surface area contributed by atoms with Gasteiger partial charge in [0.05, 0.1) is 24.5 Å². The highest BCUT2D eigenvalue weighted by Crippen LogP contribution is 2.27. The van der Waals surface area contributed by atoms with Gasteiger partial charge < -0.3 is 10.1 Å². The number of anilines is 1. The lowest BCUT2D eigenvalue weighted by Crippen LogP contribution is -2.09. The molecule has 0 aliphatic carbocycles. The van der Waals surface area contributed by atoms with Gasteiger partial charge in [0.25, 0.3) is 0 Å². The number of hydrogen-bond donors (Lipinski definition) is 1. The molecule has 1 aromatic carbocycles. The summed E-state index contributed by atoms with van der Waals surface area (Å²) in [4.78, 5) is 4.21. The number of aromatic nitrogens is 1. The van der Waals surface area contributed by atoms with Crippen molar-refractivity contribution < 1.29 is 4.74 Å². The molecule has 1 unspecified atom stereocenters. The van der Waals surface area contributed by atoms with E-state index in [1.807, 2.05) is 43.5 Å². The summed E-state index contributed by atoms with van der Waals surface area (Å²) in [6, 6.07) is 12.2. The van der Waals surface area contributed by atoms with E-state index in [-0.39, 0.29) is 6.04 Å². The molecule has 0 bridgehead atoms. The Hall–Kier alpha value is -1.55. The van der Waals surface area contributed by atoms with Crippen molar-refractivity contribution in [3.8, 4) is 5.75 Å². The quantitative estimate of drug-likeness (QED) is 0.828. The molecule has 2 aromatic rings. The third-order valence-electron chi connectivity index (χ3n) is 2.80. The first-order valence-electron chi connectivity index (χ1n) is 6.30. The molecular formula is C15H17BrN2O. The molecule has 3 nitrogen and oxygen atoms in total. The molecule has 1 atom stereocenters. The molecule has 0 spiro atoms. The molecular weight excluding hydrogens is 304 g/mol. The highest BCUT2D eigenvalue weighted by Gasteiger charge is 2.10. The van der Waals surface area contributed by atoms with Crippen molar-refractivity contribution in [1.82, 2.24) is 4.98 Å². The zero-order valence-electron chi connectivity index (χ0n) is 11.1. The van der Waals surface area contributed by atoms with Gasteiger partial charge in [-0.15, -0.1) is 0 Å². The van der Waals surface area contributed by atoms with E-state index in [2.05, 4.69) is 39.2 Å². The summed E-state index contributed by atoms with van der Waals surface area (Å²) in [5, 5.41) is 3.42. The van der Waals surface area contributed by atoms with Crippen LogP contribution < -0.4 is 10.1 Å². The van der Waals surface area contributed by atoms with Gasteiger partial charge >= 0.3 is 0 Å². The van der Waals surface area contributed by atoms with Gasteiger partial charge in [-0.25, -0.2) is 4.98 Å². The molecule has 19 heavy (non-hydrogen) atoms.